The molecule has 5 atom stereocenters. The fourth-order valence-corrected chi connectivity index (χ4v) is 15.0. The molecule has 0 aliphatic carbocycles. The largest absolute Gasteiger partial charge is 0.472 e. The van der Waals surface area contributed by atoms with Crippen molar-refractivity contribution in [3.05, 3.63) is 0 Å². The van der Waals surface area contributed by atoms with Crippen LogP contribution in [0.15, 0.2) is 0 Å². The Labute approximate surface area is 645 Å². The van der Waals surface area contributed by atoms with Gasteiger partial charge in [-0.25, -0.2) is 9.13 Å². The van der Waals surface area contributed by atoms with E-state index in [1.165, 1.54) is 276 Å². The van der Waals surface area contributed by atoms with Gasteiger partial charge in [0.2, 0.25) is 0 Å². The molecule has 0 saturated heterocycles. The highest BCUT2D eigenvalue weighted by atomic mass is 31.2. The van der Waals surface area contributed by atoms with Gasteiger partial charge in [-0.1, -0.05) is 408 Å². The summed E-state index contributed by atoms with van der Waals surface area (Å²) < 4.78 is 68.9. The molecule has 105 heavy (non-hydrogen) atoms. The van der Waals surface area contributed by atoms with Crippen LogP contribution < -0.4 is 0 Å². The van der Waals surface area contributed by atoms with Crippen LogP contribution >= 0.6 is 15.6 Å². The summed E-state index contributed by atoms with van der Waals surface area (Å²) in [6.07, 6.45) is 69.6. The van der Waals surface area contributed by atoms with E-state index < -0.39 is 97.5 Å². The zero-order chi connectivity index (χ0) is 77.1. The van der Waals surface area contributed by atoms with Crippen LogP contribution in [0.25, 0.3) is 0 Å². The average molecular weight is 1540 g/mol. The molecule has 2 unspecified atom stereocenters. The number of phosphoric acid groups is 2. The van der Waals surface area contributed by atoms with Crippen LogP contribution in [-0.4, -0.2) is 96.7 Å². The Balaban J connectivity index is 5.23. The van der Waals surface area contributed by atoms with E-state index >= 15 is 0 Å². The lowest BCUT2D eigenvalue weighted by atomic mass is 10.0. The third kappa shape index (κ3) is 79.9. The SMILES string of the molecule is CCCCCCCCCCCCCCCCCCCCCCCC(=O)O[C@H](COC(=O)CCCCCCCCCCCCCCCCCCCCC)COP(=O)(O)OC[C@@H](O)COP(=O)(O)OC[C@@H](COC(=O)CCCCCCCCCCC(C)C)OC(=O)CCCCCCCCCCCCCC(C)C. The maximum absolute atomic E-state index is 13.1. The van der Waals surface area contributed by atoms with Crippen LogP contribution in [0.5, 0.6) is 0 Å². The topological polar surface area (TPSA) is 237 Å². The summed E-state index contributed by atoms with van der Waals surface area (Å²) in [6.45, 7) is 9.63. The molecule has 19 heteroatoms. The molecule has 0 spiro atoms. The van der Waals surface area contributed by atoms with E-state index in [1.807, 2.05) is 0 Å². The quantitative estimate of drug-likeness (QED) is 0.0222. The summed E-state index contributed by atoms with van der Waals surface area (Å²) in [4.78, 5) is 73.2. The van der Waals surface area contributed by atoms with Crippen LogP contribution in [0.2, 0.25) is 0 Å². The molecule has 17 nitrogen and oxygen atoms in total. The van der Waals surface area contributed by atoms with Gasteiger partial charge in [-0.3, -0.25) is 37.3 Å². The number of unbranched alkanes of at least 4 members (excludes halogenated alkanes) is 55. The van der Waals surface area contributed by atoms with Crippen molar-refractivity contribution in [1.82, 2.24) is 0 Å². The molecule has 0 heterocycles. The van der Waals surface area contributed by atoms with Crippen molar-refractivity contribution in [1.29, 1.82) is 0 Å². The number of aliphatic hydroxyl groups is 1. The monoisotopic (exact) mass is 1540 g/mol. The molecule has 0 aliphatic rings. The average Bonchev–Trinajstić information content (AvgIpc) is 0.923. The maximum atomic E-state index is 13.1. The zero-order valence-corrected chi connectivity index (χ0v) is 70.8. The number of carbonyl (C=O) groups is 4. The van der Waals surface area contributed by atoms with E-state index in [9.17, 15) is 43.2 Å². The number of carbonyl (C=O) groups excluding carboxylic acids is 4. The molecule has 0 saturated carbocycles. The predicted molar refractivity (Wildman–Crippen MR) is 432 cm³/mol. The van der Waals surface area contributed by atoms with E-state index in [1.54, 1.807) is 0 Å². The number of hydrogen-bond donors (Lipinski definition) is 3. The van der Waals surface area contributed by atoms with E-state index in [0.29, 0.717) is 25.7 Å². The smallest absolute Gasteiger partial charge is 0.462 e. The zero-order valence-electron chi connectivity index (χ0n) is 69.0. The Kier molecular flexibility index (Phi) is 76.0. The van der Waals surface area contributed by atoms with Gasteiger partial charge in [-0.05, 0) is 37.5 Å². The summed E-state index contributed by atoms with van der Waals surface area (Å²) in [5, 5.41) is 10.7. The highest BCUT2D eigenvalue weighted by Crippen LogP contribution is 2.45. The fourth-order valence-electron chi connectivity index (χ4n) is 13.4. The molecule has 0 amide bonds. The number of aliphatic hydroxyl groups excluding tert-OH is 1. The minimum Gasteiger partial charge on any atom is -0.462 e. The highest BCUT2D eigenvalue weighted by Gasteiger charge is 2.30. The van der Waals surface area contributed by atoms with Crippen LogP contribution in [0, 0.1) is 11.8 Å². The van der Waals surface area contributed by atoms with Gasteiger partial charge in [0.15, 0.2) is 12.2 Å². The van der Waals surface area contributed by atoms with Gasteiger partial charge in [-0.2, -0.15) is 0 Å². The second kappa shape index (κ2) is 77.4. The summed E-state index contributed by atoms with van der Waals surface area (Å²) >= 11 is 0. The molecule has 624 valence electrons. The first-order valence-electron chi connectivity index (χ1n) is 44.5. The Morgan fingerprint density at radius 2 is 0.438 bits per heavy atom. The standard InChI is InChI=1S/C86H168O17P2/c1-7-9-11-13-15-17-19-21-23-25-27-28-30-32-34-36-40-44-52-58-64-70-85(90)102-81(74-96-83(88)68-62-56-50-43-39-35-33-31-29-26-24-22-20-18-16-14-12-10-8-2)76-100-104(92,93)98-72-80(87)73-99-105(94,95)101-77-82(75-97-84(89)69-63-57-51-47-46-49-55-61-67-79(5)6)103-86(91)71-65-59-53-45-41-37-38-42-48-54-60-66-78(3)4/h78-82,87H,7-77H2,1-6H3,(H,92,93)(H,94,95)/t80-,81-,82-/m1/s1. The first-order valence-corrected chi connectivity index (χ1v) is 47.5. The lowest BCUT2D eigenvalue weighted by Crippen LogP contribution is -2.30. The molecule has 3 N–H and O–H groups in total. The van der Waals surface area contributed by atoms with Crippen molar-refractivity contribution in [2.24, 2.45) is 11.8 Å². The number of hydrogen-bond acceptors (Lipinski definition) is 15. The van der Waals surface area contributed by atoms with Crippen molar-refractivity contribution in [2.45, 2.75) is 477 Å². The van der Waals surface area contributed by atoms with Crippen molar-refractivity contribution in [3.8, 4) is 0 Å². The van der Waals surface area contributed by atoms with Gasteiger partial charge >= 0.3 is 39.5 Å². The molecule has 0 radical (unpaired) electrons. The fraction of sp³-hybridized carbons (Fsp3) is 0.953. The first kappa shape index (κ1) is 103. The minimum atomic E-state index is -4.97. The Bertz CT molecular complexity index is 2010. The van der Waals surface area contributed by atoms with Crippen molar-refractivity contribution in [2.75, 3.05) is 39.6 Å². The van der Waals surface area contributed by atoms with Gasteiger partial charge in [0.1, 0.15) is 19.3 Å². The summed E-state index contributed by atoms with van der Waals surface area (Å²) in [7, 11) is -9.93. The Morgan fingerprint density at radius 1 is 0.257 bits per heavy atom. The normalized spacial score (nSPS) is 13.8. The van der Waals surface area contributed by atoms with Gasteiger partial charge in [0.25, 0.3) is 0 Å². The predicted octanol–water partition coefficient (Wildman–Crippen LogP) is 26.2. The molecule has 0 aliphatic heterocycles. The minimum absolute atomic E-state index is 0.106. The van der Waals surface area contributed by atoms with E-state index in [-0.39, 0.29) is 25.7 Å². The number of ether oxygens (including phenoxy) is 4. The second-order valence-corrected chi connectivity index (χ2v) is 34.8. The highest BCUT2D eigenvalue weighted by molar-refractivity contribution is 7.47. The van der Waals surface area contributed by atoms with Crippen LogP contribution in [0.3, 0.4) is 0 Å². The lowest BCUT2D eigenvalue weighted by molar-refractivity contribution is -0.161. The van der Waals surface area contributed by atoms with Gasteiger partial charge in [0.05, 0.1) is 26.4 Å². The molecule has 0 aromatic rings. The van der Waals surface area contributed by atoms with E-state index in [0.717, 1.165) is 102 Å². The molecular formula is C86H168O17P2. The Morgan fingerprint density at radius 3 is 0.648 bits per heavy atom. The van der Waals surface area contributed by atoms with E-state index in [2.05, 4.69) is 41.5 Å². The van der Waals surface area contributed by atoms with Crippen molar-refractivity contribution in [3.63, 3.8) is 0 Å². The molecule has 0 fully saturated rings. The van der Waals surface area contributed by atoms with Gasteiger partial charge in [-0.15, -0.1) is 0 Å². The van der Waals surface area contributed by atoms with Crippen LogP contribution in [0.4, 0.5) is 0 Å². The Hall–Kier alpha value is -1.94. The molecule has 0 aromatic carbocycles. The van der Waals surface area contributed by atoms with Crippen molar-refractivity contribution < 1.29 is 80.2 Å². The lowest BCUT2D eigenvalue weighted by Gasteiger charge is -2.21. The third-order valence-corrected chi connectivity index (χ3v) is 22.1. The van der Waals surface area contributed by atoms with Crippen molar-refractivity contribution >= 4 is 39.5 Å². The third-order valence-electron chi connectivity index (χ3n) is 20.2. The van der Waals surface area contributed by atoms with Crippen LogP contribution in [-0.2, 0) is 65.4 Å². The first-order chi connectivity index (χ1) is 50.9. The maximum Gasteiger partial charge on any atom is 0.472 e. The number of esters is 4. The summed E-state index contributed by atoms with van der Waals surface area (Å²) in [6, 6.07) is 0. The molecule has 0 rings (SSSR count). The second-order valence-electron chi connectivity index (χ2n) is 31.9. The number of phosphoric ester groups is 2. The van der Waals surface area contributed by atoms with Crippen LogP contribution in [0.1, 0.15) is 459 Å². The van der Waals surface area contributed by atoms with E-state index in [4.69, 9.17) is 37.0 Å². The molecule has 0 aromatic heterocycles. The molecular weight excluding hydrogens is 1370 g/mol. The van der Waals surface area contributed by atoms with Gasteiger partial charge < -0.3 is 33.8 Å². The molecule has 0 bridgehead atoms. The number of rotatable bonds is 85. The van der Waals surface area contributed by atoms with Gasteiger partial charge in [0, 0.05) is 25.7 Å². The summed E-state index contributed by atoms with van der Waals surface area (Å²) in [5.41, 5.74) is 0. The summed E-state index contributed by atoms with van der Waals surface area (Å²) in [5.74, 6) is -0.613.